The van der Waals surface area contributed by atoms with E-state index < -0.39 is 11.3 Å². The van der Waals surface area contributed by atoms with E-state index in [1.807, 2.05) is 6.26 Å². The van der Waals surface area contributed by atoms with Crippen molar-refractivity contribution in [3.05, 3.63) is 29.3 Å². The van der Waals surface area contributed by atoms with Crippen LogP contribution in [-0.4, -0.2) is 12.0 Å². The molecule has 5 heteroatoms. The minimum atomic E-state index is -2.52. The lowest BCUT2D eigenvalue weighted by Gasteiger charge is -2.11. The number of benzene rings is 1. The Labute approximate surface area is 106 Å². The standard InChI is InChI=1S/C11H11BrF2OS/c1-6(15)10(12)7-3-8(11(13)14)5-9(4-7)16-2/h3-5,10-11H,1-2H3. The molecule has 0 bridgehead atoms. The Hall–Kier alpha value is -0.420. The van der Waals surface area contributed by atoms with Gasteiger partial charge in [0, 0.05) is 10.5 Å². The van der Waals surface area contributed by atoms with Gasteiger partial charge in [0.25, 0.3) is 6.43 Å². The number of alkyl halides is 3. The molecule has 0 aromatic heterocycles. The van der Waals surface area contributed by atoms with Crippen LogP contribution < -0.4 is 0 Å². The predicted octanol–water partition coefficient (Wildman–Crippen LogP) is 4.37. The highest BCUT2D eigenvalue weighted by Gasteiger charge is 2.17. The third-order valence-corrected chi connectivity index (χ3v) is 3.97. The van der Waals surface area contributed by atoms with Crippen LogP contribution in [0.4, 0.5) is 8.78 Å². The Morgan fingerprint density at radius 3 is 2.31 bits per heavy atom. The van der Waals surface area contributed by atoms with Crippen molar-refractivity contribution in [3.8, 4) is 0 Å². The first kappa shape index (κ1) is 13.6. The van der Waals surface area contributed by atoms with Crippen LogP contribution in [0.25, 0.3) is 0 Å². The lowest BCUT2D eigenvalue weighted by molar-refractivity contribution is -0.116. The first-order valence-electron chi connectivity index (χ1n) is 4.57. The summed E-state index contributed by atoms with van der Waals surface area (Å²) in [6.07, 6.45) is -0.705. The van der Waals surface area contributed by atoms with Gasteiger partial charge in [-0.3, -0.25) is 4.79 Å². The number of carbonyl (C=O) groups is 1. The molecule has 0 amide bonds. The number of rotatable bonds is 4. The number of Topliss-reactive ketones (excluding diaryl/α,β-unsaturated/α-hetero) is 1. The van der Waals surface area contributed by atoms with E-state index in [1.54, 1.807) is 6.07 Å². The normalized spacial score (nSPS) is 12.9. The number of ketones is 1. The highest BCUT2D eigenvalue weighted by Crippen LogP contribution is 2.32. The second kappa shape index (κ2) is 5.77. The predicted molar refractivity (Wildman–Crippen MR) is 65.5 cm³/mol. The molecule has 1 nitrogen and oxygen atoms in total. The maximum Gasteiger partial charge on any atom is 0.263 e. The van der Waals surface area contributed by atoms with Crippen LogP contribution in [0.3, 0.4) is 0 Å². The van der Waals surface area contributed by atoms with E-state index in [2.05, 4.69) is 15.9 Å². The Morgan fingerprint density at radius 2 is 1.88 bits per heavy atom. The number of hydrogen-bond acceptors (Lipinski definition) is 2. The van der Waals surface area contributed by atoms with E-state index in [9.17, 15) is 13.6 Å². The topological polar surface area (TPSA) is 17.1 Å². The van der Waals surface area contributed by atoms with Gasteiger partial charge in [0.05, 0.1) is 4.83 Å². The van der Waals surface area contributed by atoms with Gasteiger partial charge in [0.15, 0.2) is 0 Å². The van der Waals surface area contributed by atoms with Crippen molar-refractivity contribution in [3.63, 3.8) is 0 Å². The van der Waals surface area contributed by atoms with E-state index in [4.69, 9.17) is 0 Å². The van der Waals surface area contributed by atoms with Crippen LogP contribution in [0.1, 0.15) is 29.3 Å². The van der Waals surface area contributed by atoms with E-state index >= 15 is 0 Å². The molecule has 1 aromatic carbocycles. The fraction of sp³-hybridized carbons (Fsp3) is 0.364. The Morgan fingerprint density at radius 1 is 1.31 bits per heavy atom. The SMILES string of the molecule is CSc1cc(C(F)F)cc(C(Br)C(C)=O)c1. The van der Waals surface area contributed by atoms with Crippen molar-refractivity contribution < 1.29 is 13.6 Å². The molecule has 0 N–H and O–H groups in total. The lowest BCUT2D eigenvalue weighted by Crippen LogP contribution is -2.02. The van der Waals surface area contributed by atoms with Gasteiger partial charge < -0.3 is 0 Å². The molecule has 0 saturated heterocycles. The minimum Gasteiger partial charge on any atom is -0.298 e. The van der Waals surface area contributed by atoms with Gasteiger partial charge in [-0.2, -0.15) is 0 Å². The third-order valence-electron chi connectivity index (χ3n) is 2.09. The van der Waals surface area contributed by atoms with Crippen LogP contribution in [0.2, 0.25) is 0 Å². The molecule has 0 heterocycles. The summed E-state index contributed by atoms with van der Waals surface area (Å²) in [5.41, 5.74) is 0.530. The van der Waals surface area contributed by atoms with Crippen molar-refractivity contribution in [1.82, 2.24) is 0 Å². The average molecular weight is 309 g/mol. The molecule has 0 aliphatic carbocycles. The maximum absolute atomic E-state index is 12.6. The number of carbonyl (C=O) groups excluding carboxylic acids is 1. The Balaban J connectivity index is 3.18. The van der Waals surface area contributed by atoms with Gasteiger partial charge in [-0.1, -0.05) is 15.9 Å². The van der Waals surface area contributed by atoms with Gasteiger partial charge in [0.1, 0.15) is 5.78 Å². The van der Waals surface area contributed by atoms with E-state index in [-0.39, 0.29) is 11.3 Å². The molecule has 0 aliphatic rings. The van der Waals surface area contributed by atoms with Gasteiger partial charge >= 0.3 is 0 Å². The molecule has 0 saturated carbocycles. The summed E-state index contributed by atoms with van der Waals surface area (Å²) in [5, 5.41) is 0. The minimum absolute atomic E-state index is 0.0486. The number of thioether (sulfide) groups is 1. The zero-order chi connectivity index (χ0) is 12.3. The summed E-state index contributed by atoms with van der Waals surface area (Å²) in [7, 11) is 0. The highest BCUT2D eigenvalue weighted by atomic mass is 79.9. The molecule has 1 atom stereocenters. The van der Waals surface area contributed by atoms with Crippen LogP contribution in [0.5, 0.6) is 0 Å². The zero-order valence-electron chi connectivity index (χ0n) is 8.84. The van der Waals surface area contributed by atoms with Gasteiger partial charge in [-0.05, 0) is 36.9 Å². The maximum atomic E-state index is 12.6. The molecule has 88 valence electrons. The van der Waals surface area contributed by atoms with Crippen molar-refractivity contribution in [2.45, 2.75) is 23.1 Å². The van der Waals surface area contributed by atoms with E-state index in [0.29, 0.717) is 5.56 Å². The second-order valence-electron chi connectivity index (χ2n) is 3.31. The summed E-state index contributed by atoms with van der Waals surface area (Å²) >= 11 is 4.57. The van der Waals surface area contributed by atoms with Crippen molar-refractivity contribution in [1.29, 1.82) is 0 Å². The molecule has 1 unspecified atom stereocenters. The molecular formula is C11H11BrF2OS. The first-order chi connectivity index (χ1) is 7.45. The largest absolute Gasteiger partial charge is 0.298 e. The van der Waals surface area contributed by atoms with Crippen LogP contribution in [-0.2, 0) is 4.79 Å². The summed E-state index contributed by atoms with van der Waals surface area (Å²) in [4.78, 5) is 11.4. The lowest BCUT2D eigenvalue weighted by atomic mass is 10.1. The summed E-state index contributed by atoms with van der Waals surface area (Å²) < 4.78 is 25.2. The Kier molecular flexibility index (Phi) is 4.92. The van der Waals surface area contributed by atoms with E-state index in [0.717, 1.165) is 4.90 Å². The van der Waals surface area contributed by atoms with E-state index in [1.165, 1.54) is 30.8 Å². The van der Waals surface area contributed by atoms with Gasteiger partial charge in [-0.15, -0.1) is 11.8 Å². The molecule has 0 aliphatic heterocycles. The molecular weight excluding hydrogens is 298 g/mol. The van der Waals surface area contributed by atoms with Crippen LogP contribution in [0, 0.1) is 0 Å². The molecule has 1 rings (SSSR count). The van der Waals surface area contributed by atoms with Crippen molar-refractivity contribution in [2.75, 3.05) is 6.26 Å². The second-order valence-corrected chi connectivity index (χ2v) is 5.11. The van der Waals surface area contributed by atoms with Crippen molar-refractivity contribution in [2.24, 2.45) is 0 Å². The quantitative estimate of drug-likeness (QED) is 0.607. The fourth-order valence-electron chi connectivity index (χ4n) is 1.27. The Bertz CT molecular complexity index is 396. The monoisotopic (exact) mass is 308 g/mol. The van der Waals surface area contributed by atoms with Crippen LogP contribution >= 0.6 is 27.7 Å². The summed E-state index contributed by atoms with van der Waals surface area (Å²) in [6, 6.07) is 4.56. The first-order valence-corrected chi connectivity index (χ1v) is 6.71. The molecule has 0 radical (unpaired) electrons. The molecule has 0 fully saturated rings. The molecule has 1 aromatic rings. The molecule has 16 heavy (non-hydrogen) atoms. The van der Waals surface area contributed by atoms with Crippen LogP contribution in [0.15, 0.2) is 23.1 Å². The fourth-order valence-corrected chi connectivity index (χ4v) is 2.04. The summed E-state index contributed by atoms with van der Waals surface area (Å²) in [6.45, 7) is 1.42. The van der Waals surface area contributed by atoms with Gasteiger partial charge in [-0.25, -0.2) is 8.78 Å². The average Bonchev–Trinajstić information content (AvgIpc) is 2.27. The highest BCUT2D eigenvalue weighted by molar-refractivity contribution is 9.09. The molecule has 0 spiro atoms. The third kappa shape index (κ3) is 3.28. The number of hydrogen-bond donors (Lipinski definition) is 0. The summed E-state index contributed by atoms with van der Waals surface area (Å²) in [5.74, 6) is -0.0986. The van der Waals surface area contributed by atoms with Gasteiger partial charge in [0.2, 0.25) is 0 Å². The zero-order valence-corrected chi connectivity index (χ0v) is 11.2. The number of halogens is 3. The van der Waals surface area contributed by atoms with Crippen molar-refractivity contribution >= 4 is 33.5 Å². The smallest absolute Gasteiger partial charge is 0.263 e.